The average molecular weight is 460 g/mol. The minimum absolute atomic E-state index is 0.220. The molecule has 0 atom stereocenters. The van der Waals surface area contributed by atoms with Gasteiger partial charge < -0.3 is 15.2 Å². The maximum absolute atomic E-state index is 12.1. The van der Waals surface area contributed by atoms with E-state index in [1.165, 1.54) is 22.6 Å². The van der Waals surface area contributed by atoms with Gasteiger partial charge >= 0.3 is 5.97 Å². The molecule has 0 aromatic heterocycles. The zero-order valence-corrected chi connectivity index (χ0v) is 19.4. The molecule has 0 aliphatic rings. The second-order valence-corrected chi connectivity index (χ2v) is 8.07. The van der Waals surface area contributed by atoms with Crippen molar-refractivity contribution >= 4 is 30.4 Å². The molecule has 0 fully saturated rings. The maximum atomic E-state index is 12.1. The van der Waals surface area contributed by atoms with Gasteiger partial charge in [-0.05, 0) is 79.4 Å². The molecular weight excluding hydrogens is 433 g/mol. The molecule has 2 N–H and O–H groups in total. The van der Waals surface area contributed by atoms with Crippen LogP contribution in [0.4, 0.5) is 4.39 Å². The van der Waals surface area contributed by atoms with E-state index >= 15 is 0 Å². The summed E-state index contributed by atoms with van der Waals surface area (Å²) in [5, 5.41) is 12.0. The van der Waals surface area contributed by atoms with Crippen LogP contribution in [0.5, 0.6) is 5.75 Å². The molecule has 31 heavy (non-hydrogen) atoms. The Morgan fingerprint density at radius 1 is 1.13 bits per heavy atom. The Morgan fingerprint density at radius 2 is 1.84 bits per heavy atom. The number of nitrogens with one attached hydrogen (secondary N) is 1. The van der Waals surface area contributed by atoms with Crippen LogP contribution in [-0.4, -0.2) is 31.0 Å². The van der Waals surface area contributed by atoms with Gasteiger partial charge in [0.25, 0.3) is 0 Å². The first-order valence-electron chi connectivity index (χ1n) is 9.55. The van der Waals surface area contributed by atoms with Crippen LogP contribution in [0.15, 0.2) is 70.5 Å². The van der Waals surface area contributed by atoms with E-state index in [0.29, 0.717) is 5.75 Å². The lowest BCUT2D eigenvalue weighted by Crippen LogP contribution is -2.10. The zero-order chi connectivity index (χ0) is 22.8. The molecule has 0 spiro atoms. The third-order valence-electron chi connectivity index (χ3n) is 4.32. The van der Waals surface area contributed by atoms with Crippen molar-refractivity contribution in [1.29, 1.82) is 0 Å². The van der Waals surface area contributed by atoms with Crippen LogP contribution < -0.4 is 10.1 Å². The quantitative estimate of drug-likeness (QED) is 0.313. The summed E-state index contributed by atoms with van der Waals surface area (Å²) in [6, 6.07) is 18.0. The van der Waals surface area contributed by atoms with Crippen molar-refractivity contribution < 1.29 is 19.0 Å². The van der Waals surface area contributed by atoms with Gasteiger partial charge in [-0.15, -0.1) is 24.4 Å². The van der Waals surface area contributed by atoms with Gasteiger partial charge in [-0.1, -0.05) is 18.2 Å². The predicted molar refractivity (Wildman–Crippen MR) is 128 cm³/mol. The lowest BCUT2D eigenvalue weighted by Gasteiger charge is -2.14. The molecule has 7 heteroatoms. The highest BCUT2D eigenvalue weighted by Crippen LogP contribution is 2.34. The molecule has 0 bridgehead atoms. The standard InChI is InChI=1S/C18H21NO3S.C6H5FS/c1-12-4-6-14(9-17(12)23-3)15-8-13(10-19-2)5-7-16(15)22-11-18(20)21;7-5-1-3-6(8)4-2-5/h4-9,19H,10-11H2,1-3H3,(H,20,21);1-4,8H. The van der Waals surface area contributed by atoms with Crippen molar-refractivity contribution in [1.82, 2.24) is 5.32 Å². The number of aliphatic carboxylic acids is 1. The third kappa shape index (κ3) is 7.94. The van der Waals surface area contributed by atoms with Gasteiger partial charge in [0.2, 0.25) is 0 Å². The summed E-state index contributed by atoms with van der Waals surface area (Å²) < 4.78 is 17.5. The van der Waals surface area contributed by atoms with E-state index < -0.39 is 5.97 Å². The first-order chi connectivity index (χ1) is 14.8. The summed E-state index contributed by atoms with van der Waals surface area (Å²) in [5.74, 6) is -0.616. The first-order valence-corrected chi connectivity index (χ1v) is 11.2. The summed E-state index contributed by atoms with van der Waals surface area (Å²) in [6.07, 6.45) is 2.05. The minimum Gasteiger partial charge on any atom is -0.481 e. The van der Waals surface area contributed by atoms with E-state index in [2.05, 4.69) is 37.0 Å². The molecule has 164 valence electrons. The smallest absolute Gasteiger partial charge is 0.341 e. The number of hydrogen-bond acceptors (Lipinski definition) is 5. The van der Waals surface area contributed by atoms with E-state index in [1.54, 1.807) is 23.9 Å². The highest BCUT2D eigenvalue weighted by Gasteiger charge is 2.11. The number of carboxylic acid groups (broad SMARTS) is 1. The van der Waals surface area contributed by atoms with Crippen molar-refractivity contribution in [3.05, 3.63) is 77.6 Å². The number of carboxylic acids is 1. The van der Waals surface area contributed by atoms with Crippen LogP contribution in [0.1, 0.15) is 11.1 Å². The SMILES string of the molecule is CNCc1ccc(OCC(=O)O)c(-c2ccc(C)c(SC)c2)c1.Fc1ccc(S)cc1. The van der Waals surface area contributed by atoms with Crippen LogP contribution in [0.3, 0.4) is 0 Å². The highest BCUT2D eigenvalue weighted by atomic mass is 32.2. The Balaban J connectivity index is 0.000000357. The molecule has 0 saturated carbocycles. The monoisotopic (exact) mass is 459 g/mol. The van der Waals surface area contributed by atoms with Crippen LogP contribution in [0.2, 0.25) is 0 Å². The predicted octanol–water partition coefficient (Wildman–Crippen LogP) is 5.68. The molecule has 4 nitrogen and oxygen atoms in total. The molecular formula is C24H26FNO3S2. The Hall–Kier alpha value is -2.48. The fourth-order valence-corrected chi connectivity index (χ4v) is 3.59. The van der Waals surface area contributed by atoms with Gasteiger partial charge in [0, 0.05) is 21.9 Å². The fourth-order valence-electron chi connectivity index (χ4n) is 2.81. The van der Waals surface area contributed by atoms with E-state index in [4.69, 9.17) is 9.84 Å². The van der Waals surface area contributed by atoms with Crippen molar-refractivity contribution in [2.45, 2.75) is 23.3 Å². The summed E-state index contributed by atoms with van der Waals surface area (Å²) in [6.45, 7) is 2.47. The van der Waals surface area contributed by atoms with Gasteiger partial charge in [-0.2, -0.15) is 0 Å². The highest BCUT2D eigenvalue weighted by molar-refractivity contribution is 7.98. The van der Waals surface area contributed by atoms with Gasteiger partial charge in [0.15, 0.2) is 6.61 Å². The maximum Gasteiger partial charge on any atom is 0.341 e. The molecule has 0 amide bonds. The second-order valence-electron chi connectivity index (χ2n) is 6.70. The minimum atomic E-state index is -0.982. The Labute approximate surface area is 192 Å². The van der Waals surface area contributed by atoms with E-state index in [0.717, 1.165) is 28.1 Å². The number of thiol groups is 1. The molecule has 3 aromatic carbocycles. The number of hydrogen-bond donors (Lipinski definition) is 3. The molecule has 0 heterocycles. The van der Waals surface area contributed by atoms with E-state index in [-0.39, 0.29) is 12.4 Å². The van der Waals surface area contributed by atoms with E-state index in [1.807, 2.05) is 37.6 Å². The molecule has 3 rings (SSSR count). The van der Waals surface area contributed by atoms with Crippen molar-refractivity contribution in [3.8, 4) is 16.9 Å². The Bertz CT molecular complexity index is 989. The summed E-state index contributed by atoms with van der Waals surface area (Å²) in [7, 11) is 1.90. The first kappa shape index (κ1) is 24.8. The van der Waals surface area contributed by atoms with Gasteiger partial charge in [0.1, 0.15) is 11.6 Å². The molecule has 3 aromatic rings. The second kappa shape index (κ2) is 12.4. The number of aryl methyl sites for hydroxylation is 1. The van der Waals surface area contributed by atoms with Crippen LogP contribution >= 0.6 is 24.4 Å². The molecule has 0 saturated heterocycles. The molecule has 0 unspecified atom stereocenters. The van der Waals surface area contributed by atoms with Crippen LogP contribution in [0, 0.1) is 12.7 Å². The number of thioether (sulfide) groups is 1. The van der Waals surface area contributed by atoms with Gasteiger partial charge in [-0.3, -0.25) is 0 Å². The van der Waals surface area contributed by atoms with Crippen molar-refractivity contribution in [2.24, 2.45) is 0 Å². The van der Waals surface area contributed by atoms with Crippen molar-refractivity contribution in [3.63, 3.8) is 0 Å². The topological polar surface area (TPSA) is 58.6 Å². The van der Waals surface area contributed by atoms with Gasteiger partial charge in [0.05, 0.1) is 0 Å². The zero-order valence-electron chi connectivity index (χ0n) is 17.7. The summed E-state index contributed by atoms with van der Waals surface area (Å²) in [5.41, 5.74) is 4.28. The lowest BCUT2D eigenvalue weighted by molar-refractivity contribution is -0.139. The Morgan fingerprint density at radius 3 is 2.42 bits per heavy atom. The normalized spacial score (nSPS) is 10.2. The average Bonchev–Trinajstić information content (AvgIpc) is 2.76. The van der Waals surface area contributed by atoms with Crippen LogP contribution in [-0.2, 0) is 11.3 Å². The number of benzene rings is 3. The van der Waals surface area contributed by atoms with Crippen molar-refractivity contribution in [2.75, 3.05) is 19.9 Å². The number of carbonyl (C=O) groups is 1. The number of rotatable bonds is 7. The van der Waals surface area contributed by atoms with Gasteiger partial charge in [-0.25, -0.2) is 9.18 Å². The van der Waals surface area contributed by atoms with Crippen LogP contribution in [0.25, 0.3) is 11.1 Å². The molecule has 0 aliphatic heterocycles. The molecule has 0 aliphatic carbocycles. The summed E-state index contributed by atoms with van der Waals surface area (Å²) >= 11 is 5.66. The fraction of sp³-hybridized carbons (Fsp3) is 0.208. The lowest BCUT2D eigenvalue weighted by atomic mass is 10.0. The number of ether oxygens (including phenoxy) is 1. The molecule has 0 radical (unpaired) electrons. The largest absolute Gasteiger partial charge is 0.481 e. The number of halogens is 1. The Kier molecular flexibility index (Phi) is 9.91. The third-order valence-corrected chi connectivity index (χ3v) is 5.50. The summed E-state index contributed by atoms with van der Waals surface area (Å²) in [4.78, 5) is 12.8. The van der Waals surface area contributed by atoms with E-state index in [9.17, 15) is 9.18 Å².